The van der Waals surface area contributed by atoms with Crippen LogP contribution >= 0.6 is 11.6 Å². The van der Waals surface area contributed by atoms with E-state index >= 15 is 0 Å². The van der Waals surface area contributed by atoms with Gasteiger partial charge in [0.2, 0.25) is 0 Å². The number of methoxy groups -OCH3 is 2. The van der Waals surface area contributed by atoms with Crippen molar-refractivity contribution in [2.75, 3.05) is 33.2 Å². The van der Waals surface area contributed by atoms with Gasteiger partial charge in [-0.05, 0) is 80.1 Å². The first kappa shape index (κ1) is 46.0. The Labute approximate surface area is 344 Å². The maximum Gasteiger partial charge on any atom is 0.344 e. The number of nitrogens with two attached hydrogens (primary N) is 2. The number of anilines is 1. The van der Waals surface area contributed by atoms with Crippen molar-refractivity contribution in [1.82, 2.24) is 19.9 Å². The van der Waals surface area contributed by atoms with E-state index in [9.17, 15) is 18.4 Å². The van der Waals surface area contributed by atoms with Crippen molar-refractivity contribution >= 4 is 29.1 Å². The number of carbonyl (C=O) groups is 2. The van der Waals surface area contributed by atoms with Gasteiger partial charge in [-0.25, -0.2) is 33.5 Å². The number of rotatable bonds is 12. The normalized spacial score (nSPS) is 10.1. The number of hydrogen-bond donors (Lipinski definition) is 3. The number of amides is 2. The second-order valence-electron chi connectivity index (χ2n) is 11.7. The van der Waals surface area contributed by atoms with Gasteiger partial charge >= 0.3 is 5.91 Å². The van der Waals surface area contributed by atoms with E-state index in [1.54, 1.807) is 48.5 Å². The second kappa shape index (κ2) is 22.4. The summed E-state index contributed by atoms with van der Waals surface area (Å²) in [5.41, 5.74) is 19.6. The van der Waals surface area contributed by atoms with Gasteiger partial charge in [-0.1, -0.05) is 17.7 Å². The SMILES string of the molecule is CCOc1cc(F)ccc1-c1cc(Cc2ccc(OC)c(C(N)=O)c2)ncn1.CCOc1cc(F)ccc1-c1cc(Cl)ncn1.COc1ccc(N)cc1C([NH3+])=O.[Cl-]. The Morgan fingerprint density at radius 1 is 0.690 bits per heavy atom. The van der Waals surface area contributed by atoms with E-state index in [-0.39, 0.29) is 29.9 Å². The van der Waals surface area contributed by atoms with E-state index in [1.165, 1.54) is 51.1 Å². The summed E-state index contributed by atoms with van der Waals surface area (Å²) in [4.78, 5) is 39.0. The molecule has 304 valence electrons. The van der Waals surface area contributed by atoms with Crippen LogP contribution < -0.4 is 48.6 Å². The Morgan fingerprint density at radius 2 is 1.22 bits per heavy atom. The molecule has 0 fully saturated rings. The lowest BCUT2D eigenvalue weighted by Gasteiger charge is -2.11. The second-order valence-corrected chi connectivity index (χ2v) is 12.1. The molecule has 0 aliphatic heterocycles. The molecule has 0 atom stereocenters. The van der Waals surface area contributed by atoms with Gasteiger partial charge in [0.25, 0.3) is 5.91 Å². The lowest BCUT2D eigenvalue weighted by atomic mass is 10.0. The predicted molar refractivity (Wildman–Crippen MR) is 211 cm³/mol. The van der Waals surface area contributed by atoms with Gasteiger partial charge in [0.1, 0.15) is 58.0 Å². The molecule has 4 aromatic carbocycles. The minimum atomic E-state index is -0.560. The number of quaternary nitrogens is 1. The highest BCUT2D eigenvalue weighted by Crippen LogP contribution is 2.31. The van der Waals surface area contributed by atoms with E-state index in [4.69, 9.17) is 42.0 Å². The van der Waals surface area contributed by atoms with Crippen LogP contribution in [0.1, 0.15) is 45.8 Å². The van der Waals surface area contributed by atoms with Gasteiger partial charge in [-0.15, -0.1) is 0 Å². The van der Waals surface area contributed by atoms with E-state index in [0.717, 1.165) is 11.3 Å². The first-order valence-corrected chi connectivity index (χ1v) is 17.6. The number of hydrogen-bond acceptors (Lipinski definition) is 11. The largest absolute Gasteiger partial charge is 1.00 e. The van der Waals surface area contributed by atoms with Crippen LogP contribution in [0.15, 0.2) is 97.6 Å². The number of aromatic nitrogens is 4. The van der Waals surface area contributed by atoms with E-state index in [2.05, 4.69) is 25.7 Å². The molecule has 0 unspecified atom stereocenters. The van der Waals surface area contributed by atoms with Crippen LogP contribution in [-0.4, -0.2) is 59.2 Å². The highest BCUT2D eigenvalue weighted by atomic mass is 35.5. The van der Waals surface area contributed by atoms with Crippen LogP contribution in [0.5, 0.6) is 23.0 Å². The minimum absolute atomic E-state index is 0. The third-order valence-corrected chi connectivity index (χ3v) is 8.04. The van der Waals surface area contributed by atoms with E-state index in [0.29, 0.717) is 87.1 Å². The smallest absolute Gasteiger partial charge is 0.344 e. The summed E-state index contributed by atoms with van der Waals surface area (Å²) in [5.74, 6) is 0.219. The zero-order valence-corrected chi connectivity index (χ0v) is 33.5. The Hall–Kier alpha value is -6.42. The van der Waals surface area contributed by atoms with Crippen molar-refractivity contribution in [3.63, 3.8) is 0 Å². The van der Waals surface area contributed by atoms with Crippen LogP contribution in [0.4, 0.5) is 14.5 Å². The third kappa shape index (κ3) is 12.8. The summed E-state index contributed by atoms with van der Waals surface area (Å²) in [6.07, 6.45) is 3.27. The van der Waals surface area contributed by atoms with Gasteiger partial charge in [0, 0.05) is 47.1 Å². The first-order valence-electron chi connectivity index (χ1n) is 17.3. The molecule has 0 radical (unpaired) electrons. The van der Waals surface area contributed by atoms with Crippen LogP contribution in [0.25, 0.3) is 22.5 Å². The fraction of sp³-hybridized carbons (Fsp3) is 0.171. The average Bonchev–Trinajstić information content (AvgIpc) is 3.19. The summed E-state index contributed by atoms with van der Waals surface area (Å²) in [6, 6.07) is 22.1. The van der Waals surface area contributed by atoms with Crippen molar-refractivity contribution < 1.29 is 55.5 Å². The number of primary amides is 1. The Bertz CT molecular complexity index is 2340. The quantitative estimate of drug-likeness (QED) is 0.121. The maximum atomic E-state index is 13.6. The molecule has 13 nitrogen and oxygen atoms in total. The van der Waals surface area contributed by atoms with E-state index < -0.39 is 5.91 Å². The van der Waals surface area contributed by atoms with Gasteiger partial charge in [0.15, 0.2) is 0 Å². The predicted octanol–water partition coefficient (Wildman–Crippen LogP) is 3.38. The summed E-state index contributed by atoms with van der Waals surface area (Å²) in [6.45, 7) is 4.53. The molecule has 6 aromatic rings. The number of benzene rings is 4. The molecular weight excluding hydrogens is 795 g/mol. The third-order valence-electron chi connectivity index (χ3n) is 7.83. The first-order chi connectivity index (χ1) is 27.4. The van der Waals surface area contributed by atoms with Crippen LogP contribution in [0.2, 0.25) is 5.15 Å². The molecule has 0 saturated heterocycles. The van der Waals surface area contributed by atoms with Gasteiger partial charge in [-0.3, -0.25) is 10.5 Å². The molecule has 0 spiro atoms. The summed E-state index contributed by atoms with van der Waals surface area (Å²) >= 11 is 5.79. The molecule has 7 N–H and O–H groups in total. The van der Waals surface area contributed by atoms with Crippen molar-refractivity contribution in [1.29, 1.82) is 0 Å². The number of nitrogens with zero attached hydrogens (tertiary/aromatic N) is 4. The topological polar surface area (TPSA) is 202 Å². The highest BCUT2D eigenvalue weighted by molar-refractivity contribution is 6.29. The molecule has 0 aliphatic carbocycles. The molecule has 0 aliphatic rings. The molecule has 6 rings (SSSR count). The monoisotopic (exact) mass is 835 g/mol. The summed E-state index contributed by atoms with van der Waals surface area (Å²) in [5, 5.41) is 0.335. The fourth-order valence-electron chi connectivity index (χ4n) is 5.30. The Kier molecular flexibility index (Phi) is 17.7. The van der Waals surface area contributed by atoms with Gasteiger partial charge < -0.3 is 42.8 Å². The maximum absolute atomic E-state index is 13.6. The molecular formula is C41H41Cl2F2N7O6. The minimum Gasteiger partial charge on any atom is -1.00 e. The standard InChI is InChI=1S/C21H20FN3O3.C12H10ClFN2O.C8H10N2O2.ClH/c1-3-28-20-10-14(22)5-6-16(20)18-11-15(24-12-25-18)8-13-4-7-19(27-2)17(9-13)21(23)26;1-2-17-11-5-8(14)3-4-9(11)10-6-12(13)16-7-15-10;1-12-7-3-2-5(9)4-6(7)8(10)11;/h4-7,9-12H,3,8H2,1-2H3,(H2,23,26);3-7H,2H2,1H3;2-4H,9H2,1H3,(H2,10,11);1H. The van der Waals surface area contributed by atoms with Crippen LogP contribution in [-0.2, 0) is 6.42 Å². The van der Waals surface area contributed by atoms with E-state index in [1.807, 2.05) is 26.0 Å². The van der Waals surface area contributed by atoms with Gasteiger partial charge in [0.05, 0.1) is 44.4 Å². The van der Waals surface area contributed by atoms with Gasteiger partial charge in [-0.2, -0.15) is 0 Å². The number of nitrogen functional groups attached to an aromatic ring is 1. The summed E-state index contributed by atoms with van der Waals surface area (Å²) < 4.78 is 47.7. The molecule has 2 amide bonds. The molecule has 2 aromatic heterocycles. The number of halogens is 4. The lowest BCUT2D eigenvalue weighted by molar-refractivity contribution is -0.255. The zero-order chi connectivity index (χ0) is 41.5. The Balaban J connectivity index is 0.000000255. The van der Waals surface area contributed by atoms with Crippen molar-refractivity contribution in [3.8, 4) is 45.5 Å². The molecule has 0 bridgehead atoms. The summed E-state index contributed by atoms with van der Waals surface area (Å²) in [7, 11) is 2.98. The molecule has 2 heterocycles. The van der Waals surface area contributed by atoms with Crippen molar-refractivity contribution in [2.45, 2.75) is 20.3 Å². The average molecular weight is 837 g/mol. The highest BCUT2D eigenvalue weighted by Gasteiger charge is 2.14. The zero-order valence-electron chi connectivity index (χ0n) is 32.0. The van der Waals surface area contributed by atoms with Crippen molar-refractivity contribution in [2.24, 2.45) is 5.73 Å². The fourth-order valence-corrected chi connectivity index (χ4v) is 5.45. The molecule has 58 heavy (non-hydrogen) atoms. The number of carbonyl (C=O) groups excluding carboxylic acids is 2. The Morgan fingerprint density at radius 3 is 1.74 bits per heavy atom. The molecule has 17 heteroatoms. The number of ether oxygens (including phenoxy) is 4. The van der Waals surface area contributed by atoms with Crippen molar-refractivity contribution in [3.05, 3.63) is 137 Å². The molecule has 0 saturated carbocycles. The van der Waals surface area contributed by atoms with Crippen LogP contribution in [0, 0.1) is 11.6 Å². The van der Waals surface area contributed by atoms with Crippen LogP contribution in [0.3, 0.4) is 0 Å². The lowest BCUT2D eigenvalue weighted by Crippen LogP contribution is -3.00.